The van der Waals surface area contributed by atoms with E-state index in [1.807, 2.05) is 18.2 Å². The van der Waals surface area contributed by atoms with Gasteiger partial charge >= 0.3 is 5.97 Å². The molecule has 0 fully saturated rings. The molecule has 1 amide bonds. The van der Waals surface area contributed by atoms with Crippen LogP contribution in [0.1, 0.15) is 21.6 Å². The topological polar surface area (TPSA) is 59.5 Å². The average Bonchev–Trinajstić information content (AvgIpc) is 2.60. The highest BCUT2D eigenvalue weighted by Crippen LogP contribution is 2.08. The second-order valence-electron chi connectivity index (χ2n) is 4.97. The highest BCUT2D eigenvalue weighted by atomic mass is 16.5. The summed E-state index contributed by atoms with van der Waals surface area (Å²) in [7, 11) is 3.07. The number of likely N-dealkylation sites (N-methyl/N-ethyl adjacent to an activating group) is 1. The summed E-state index contributed by atoms with van der Waals surface area (Å²) < 4.78 is 4.65. The quantitative estimate of drug-likeness (QED) is 0.629. The summed E-state index contributed by atoms with van der Waals surface area (Å²) in [6, 6.07) is 12.5. The Labute approximate surface area is 135 Å². The number of hydrogen-bond acceptors (Lipinski definition) is 4. The SMILES string of the molecule is COC(=O)c1ccc(CN(C)C(=O)/C=C/c2ccccn2)cc1. The average molecular weight is 310 g/mol. The van der Waals surface area contributed by atoms with Gasteiger partial charge in [-0.15, -0.1) is 0 Å². The molecule has 1 aromatic carbocycles. The van der Waals surface area contributed by atoms with Crippen molar-refractivity contribution in [3.63, 3.8) is 0 Å². The number of ether oxygens (including phenoxy) is 1. The third kappa shape index (κ3) is 4.78. The van der Waals surface area contributed by atoms with Gasteiger partial charge in [0, 0.05) is 25.9 Å². The van der Waals surface area contributed by atoms with Crippen LogP contribution in [0.5, 0.6) is 0 Å². The van der Waals surface area contributed by atoms with Gasteiger partial charge < -0.3 is 9.64 Å². The molecule has 0 unspecified atom stereocenters. The Hall–Kier alpha value is -2.95. The third-order valence-electron chi connectivity index (χ3n) is 3.26. The van der Waals surface area contributed by atoms with E-state index in [0.29, 0.717) is 12.1 Å². The third-order valence-corrected chi connectivity index (χ3v) is 3.26. The molecule has 2 aromatic rings. The number of benzene rings is 1. The van der Waals surface area contributed by atoms with Crippen molar-refractivity contribution in [3.05, 3.63) is 71.6 Å². The maximum Gasteiger partial charge on any atom is 0.337 e. The lowest BCUT2D eigenvalue weighted by atomic mass is 10.1. The molecule has 118 valence electrons. The molecule has 0 bridgehead atoms. The number of aromatic nitrogens is 1. The molecule has 5 nitrogen and oxygen atoms in total. The van der Waals surface area contributed by atoms with E-state index in [4.69, 9.17) is 0 Å². The van der Waals surface area contributed by atoms with Gasteiger partial charge in [-0.2, -0.15) is 0 Å². The van der Waals surface area contributed by atoms with Crippen LogP contribution in [0.2, 0.25) is 0 Å². The van der Waals surface area contributed by atoms with E-state index >= 15 is 0 Å². The van der Waals surface area contributed by atoms with Gasteiger partial charge in [-0.1, -0.05) is 18.2 Å². The number of nitrogens with zero attached hydrogens (tertiary/aromatic N) is 2. The Kier molecular flexibility index (Phi) is 5.63. The number of carbonyl (C=O) groups is 2. The highest BCUT2D eigenvalue weighted by molar-refractivity contribution is 5.91. The summed E-state index contributed by atoms with van der Waals surface area (Å²) in [6.45, 7) is 0.451. The molecule has 1 heterocycles. The van der Waals surface area contributed by atoms with Gasteiger partial charge in [-0.3, -0.25) is 9.78 Å². The van der Waals surface area contributed by atoms with Gasteiger partial charge in [0.15, 0.2) is 0 Å². The molecule has 1 aromatic heterocycles. The predicted molar refractivity (Wildman–Crippen MR) is 87.5 cm³/mol. The zero-order valence-electron chi connectivity index (χ0n) is 13.1. The Morgan fingerprint density at radius 2 is 1.91 bits per heavy atom. The lowest BCUT2D eigenvalue weighted by molar-refractivity contribution is -0.125. The Bertz CT molecular complexity index is 694. The van der Waals surface area contributed by atoms with E-state index < -0.39 is 0 Å². The van der Waals surface area contributed by atoms with E-state index in [0.717, 1.165) is 11.3 Å². The van der Waals surface area contributed by atoms with Crippen molar-refractivity contribution in [1.29, 1.82) is 0 Å². The maximum absolute atomic E-state index is 12.1. The van der Waals surface area contributed by atoms with Gasteiger partial charge in [0.25, 0.3) is 0 Å². The molecule has 0 radical (unpaired) electrons. The Morgan fingerprint density at radius 1 is 1.17 bits per heavy atom. The van der Waals surface area contributed by atoms with Gasteiger partial charge in [0.1, 0.15) is 0 Å². The number of methoxy groups -OCH3 is 1. The number of esters is 1. The fraction of sp³-hybridized carbons (Fsp3) is 0.167. The summed E-state index contributed by atoms with van der Waals surface area (Å²) in [5.41, 5.74) is 2.15. The fourth-order valence-electron chi connectivity index (χ4n) is 1.97. The van der Waals surface area contributed by atoms with Crippen LogP contribution in [-0.4, -0.2) is 35.9 Å². The van der Waals surface area contributed by atoms with Crippen LogP contribution in [0.15, 0.2) is 54.7 Å². The van der Waals surface area contributed by atoms with Gasteiger partial charge in [0.2, 0.25) is 5.91 Å². The first-order valence-electron chi connectivity index (χ1n) is 7.11. The maximum atomic E-state index is 12.1. The van der Waals surface area contributed by atoms with Crippen LogP contribution >= 0.6 is 0 Å². The van der Waals surface area contributed by atoms with E-state index in [1.165, 1.54) is 13.2 Å². The summed E-state index contributed by atoms with van der Waals surface area (Å²) in [5, 5.41) is 0. The Balaban J connectivity index is 1.95. The minimum Gasteiger partial charge on any atom is -0.465 e. The monoisotopic (exact) mass is 310 g/mol. The molecule has 0 saturated carbocycles. The van der Waals surface area contributed by atoms with Crippen LogP contribution < -0.4 is 0 Å². The first kappa shape index (κ1) is 16.4. The molecular formula is C18H18N2O3. The molecular weight excluding hydrogens is 292 g/mol. The lowest BCUT2D eigenvalue weighted by Crippen LogP contribution is -2.24. The van der Waals surface area contributed by atoms with Crippen molar-refractivity contribution in [2.24, 2.45) is 0 Å². The molecule has 0 atom stereocenters. The van der Waals surface area contributed by atoms with Crippen LogP contribution in [0.3, 0.4) is 0 Å². The van der Waals surface area contributed by atoms with Gasteiger partial charge in [0.05, 0.1) is 18.4 Å². The van der Waals surface area contributed by atoms with Gasteiger partial charge in [-0.05, 0) is 35.9 Å². The summed E-state index contributed by atoms with van der Waals surface area (Å²) in [6.07, 6.45) is 4.85. The van der Waals surface area contributed by atoms with Crippen molar-refractivity contribution in [3.8, 4) is 0 Å². The number of pyridine rings is 1. The lowest BCUT2D eigenvalue weighted by Gasteiger charge is -2.15. The predicted octanol–water partition coefficient (Wildman–Crippen LogP) is 2.54. The Morgan fingerprint density at radius 3 is 2.52 bits per heavy atom. The first-order valence-corrected chi connectivity index (χ1v) is 7.11. The standard InChI is InChI=1S/C18H18N2O3/c1-20(17(21)11-10-16-5-3-4-12-19-16)13-14-6-8-15(9-7-14)18(22)23-2/h3-12H,13H2,1-2H3/b11-10+. The number of carbonyl (C=O) groups excluding carboxylic acids is 2. The highest BCUT2D eigenvalue weighted by Gasteiger charge is 2.08. The first-order chi connectivity index (χ1) is 11.1. The minimum absolute atomic E-state index is 0.118. The van der Waals surface area contributed by atoms with Crippen molar-refractivity contribution < 1.29 is 14.3 Å². The van der Waals surface area contributed by atoms with E-state index in [-0.39, 0.29) is 11.9 Å². The van der Waals surface area contributed by atoms with E-state index in [9.17, 15) is 9.59 Å². The molecule has 0 spiro atoms. The van der Waals surface area contributed by atoms with Crippen molar-refractivity contribution in [2.45, 2.75) is 6.54 Å². The van der Waals surface area contributed by atoms with Crippen LogP contribution in [0.4, 0.5) is 0 Å². The molecule has 0 saturated heterocycles. The minimum atomic E-state index is -0.376. The van der Waals surface area contributed by atoms with Crippen molar-refractivity contribution >= 4 is 18.0 Å². The summed E-state index contributed by atoms with van der Waals surface area (Å²) >= 11 is 0. The number of rotatable bonds is 5. The van der Waals surface area contributed by atoms with Crippen molar-refractivity contribution in [2.75, 3.05) is 14.2 Å². The van der Waals surface area contributed by atoms with E-state index in [1.54, 1.807) is 48.5 Å². The van der Waals surface area contributed by atoms with Crippen LogP contribution in [-0.2, 0) is 16.1 Å². The van der Waals surface area contributed by atoms with Gasteiger partial charge in [-0.25, -0.2) is 4.79 Å². The summed E-state index contributed by atoms with van der Waals surface area (Å²) in [4.78, 5) is 29.2. The summed E-state index contributed by atoms with van der Waals surface area (Å²) in [5.74, 6) is -0.494. The molecule has 0 aliphatic rings. The molecule has 0 aliphatic carbocycles. The second-order valence-corrected chi connectivity index (χ2v) is 4.97. The largest absolute Gasteiger partial charge is 0.465 e. The number of amides is 1. The second kappa shape index (κ2) is 7.89. The molecule has 2 rings (SSSR count). The molecule has 0 N–H and O–H groups in total. The molecule has 23 heavy (non-hydrogen) atoms. The zero-order chi connectivity index (χ0) is 16.7. The normalized spacial score (nSPS) is 10.5. The fourth-order valence-corrected chi connectivity index (χ4v) is 1.97. The zero-order valence-corrected chi connectivity index (χ0v) is 13.1. The number of hydrogen-bond donors (Lipinski definition) is 0. The molecule has 0 aliphatic heterocycles. The van der Waals surface area contributed by atoms with E-state index in [2.05, 4.69) is 9.72 Å². The van der Waals surface area contributed by atoms with Crippen LogP contribution in [0, 0.1) is 0 Å². The van der Waals surface area contributed by atoms with Crippen molar-refractivity contribution in [1.82, 2.24) is 9.88 Å². The smallest absolute Gasteiger partial charge is 0.337 e. The molecule has 5 heteroatoms. The van der Waals surface area contributed by atoms with Crippen LogP contribution in [0.25, 0.3) is 6.08 Å².